The van der Waals surface area contributed by atoms with Gasteiger partial charge in [-0.15, -0.1) is 33.3 Å². The molecular formula is C20H17N5OS3. The second-order valence-corrected chi connectivity index (χ2v) is 8.73. The first kappa shape index (κ1) is 19.7. The Bertz CT molecular complexity index is 1050. The number of aromatic nitrogens is 4. The summed E-state index contributed by atoms with van der Waals surface area (Å²) in [6, 6.07) is 20.2. The number of nitrogens with zero attached hydrogens (tertiary/aromatic N) is 4. The molecule has 2 aromatic carbocycles. The van der Waals surface area contributed by atoms with Crippen LogP contribution in [0.5, 0.6) is 0 Å². The largest absolute Gasteiger partial charge is 0.301 e. The van der Waals surface area contributed by atoms with E-state index in [0.717, 1.165) is 11.5 Å². The molecule has 1 amide bonds. The number of carbonyl (C=O) groups excluding carboxylic acids is 1. The summed E-state index contributed by atoms with van der Waals surface area (Å²) in [6.45, 7) is 0. The third-order valence-corrected chi connectivity index (χ3v) is 6.46. The highest BCUT2D eigenvalue weighted by atomic mass is 32.2. The number of nitrogens with one attached hydrogen (secondary N) is 1. The first-order chi connectivity index (χ1) is 14.3. The fourth-order valence-electron chi connectivity index (χ4n) is 2.56. The molecule has 0 bridgehead atoms. The number of thiazole rings is 1. The van der Waals surface area contributed by atoms with Crippen molar-refractivity contribution in [2.75, 3.05) is 11.1 Å². The zero-order valence-electron chi connectivity index (χ0n) is 15.3. The van der Waals surface area contributed by atoms with Crippen LogP contribution in [0.1, 0.15) is 5.82 Å². The number of anilines is 1. The summed E-state index contributed by atoms with van der Waals surface area (Å²) in [5.74, 6) is 1.63. The van der Waals surface area contributed by atoms with E-state index in [1.54, 1.807) is 18.0 Å². The van der Waals surface area contributed by atoms with E-state index in [9.17, 15) is 4.79 Å². The number of carbonyl (C=O) groups is 1. The first-order valence-electron chi connectivity index (χ1n) is 8.79. The number of amides is 1. The minimum Gasteiger partial charge on any atom is -0.301 e. The monoisotopic (exact) mass is 439 g/mol. The molecular weight excluding hydrogens is 422 g/mol. The van der Waals surface area contributed by atoms with Gasteiger partial charge in [-0.05, 0) is 24.3 Å². The Morgan fingerprint density at radius 2 is 1.76 bits per heavy atom. The van der Waals surface area contributed by atoms with Crippen molar-refractivity contribution >= 4 is 45.9 Å². The molecule has 0 aliphatic carbocycles. The Balaban J connectivity index is 1.50. The molecule has 9 heteroatoms. The quantitative estimate of drug-likeness (QED) is 0.400. The van der Waals surface area contributed by atoms with Crippen molar-refractivity contribution in [1.82, 2.24) is 19.7 Å². The lowest BCUT2D eigenvalue weighted by Crippen LogP contribution is -2.14. The minimum absolute atomic E-state index is 0.118. The van der Waals surface area contributed by atoms with Gasteiger partial charge in [-0.25, -0.2) is 4.98 Å². The molecule has 0 aliphatic rings. The lowest BCUT2D eigenvalue weighted by atomic mass is 10.3. The standard InChI is InChI=1S/C20H17N5OS3/c26-18(22-19-21-11-12-27-19)14-29-20-24-23-17(13-28-16-9-5-2-6-10-16)25(20)15-7-3-1-4-8-15/h1-12H,13-14H2,(H,21,22,26). The maximum Gasteiger partial charge on any atom is 0.236 e. The van der Waals surface area contributed by atoms with Crippen LogP contribution >= 0.6 is 34.9 Å². The average molecular weight is 440 g/mol. The number of para-hydroxylation sites is 1. The van der Waals surface area contributed by atoms with Crippen LogP contribution in [0.4, 0.5) is 5.13 Å². The van der Waals surface area contributed by atoms with Crippen LogP contribution in [0.25, 0.3) is 5.69 Å². The summed E-state index contributed by atoms with van der Waals surface area (Å²) in [7, 11) is 0. The van der Waals surface area contributed by atoms with Crippen LogP contribution in [0, 0.1) is 0 Å². The van der Waals surface area contributed by atoms with Crippen LogP contribution in [0.2, 0.25) is 0 Å². The van der Waals surface area contributed by atoms with E-state index in [0.29, 0.717) is 16.0 Å². The summed E-state index contributed by atoms with van der Waals surface area (Å²) in [4.78, 5) is 17.5. The maximum atomic E-state index is 12.2. The molecule has 146 valence electrons. The van der Waals surface area contributed by atoms with Crippen molar-refractivity contribution in [2.24, 2.45) is 0 Å². The van der Waals surface area contributed by atoms with Gasteiger partial charge < -0.3 is 5.32 Å². The Morgan fingerprint density at radius 1 is 1.00 bits per heavy atom. The third kappa shape index (κ3) is 5.26. The molecule has 6 nitrogen and oxygen atoms in total. The molecule has 29 heavy (non-hydrogen) atoms. The zero-order valence-corrected chi connectivity index (χ0v) is 17.7. The van der Waals surface area contributed by atoms with Crippen molar-refractivity contribution < 1.29 is 4.79 Å². The Labute approximate surface area is 180 Å². The molecule has 0 radical (unpaired) electrons. The number of benzene rings is 2. The van der Waals surface area contributed by atoms with E-state index in [1.165, 1.54) is 28.0 Å². The van der Waals surface area contributed by atoms with Crippen LogP contribution in [0.3, 0.4) is 0 Å². The average Bonchev–Trinajstić information content (AvgIpc) is 3.42. The van der Waals surface area contributed by atoms with Crippen LogP contribution in [-0.4, -0.2) is 31.4 Å². The summed E-state index contributed by atoms with van der Waals surface area (Å²) < 4.78 is 2.01. The molecule has 0 fully saturated rings. The molecule has 0 saturated heterocycles. The highest BCUT2D eigenvalue weighted by Gasteiger charge is 2.16. The number of hydrogen-bond donors (Lipinski definition) is 1. The van der Waals surface area contributed by atoms with Gasteiger partial charge >= 0.3 is 0 Å². The smallest absolute Gasteiger partial charge is 0.236 e. The topological polar surface area (TPSA) is 72.7 Å². The van der Waals surface area contributed by atoms with E-state index in [2.05, 4.69) is 32.6 Å². The van der Waals surface area contributed by atoms with Gasteiger partial charge in [0.1, 0.15) is 5.82 Å². The number of hydrogen-bond acceptors (Lipinski definition) is 7. The van der Waals surface area contributed by atoms with Crippen molar-refractivity contribution in [2.45, 2.75) is 15.8 Å². The Morgan fingerprint density at radius 3 is 2.48 bits per heavy atom. The molecule has 4 aromatic rings. The fraction of sp³-hybridized carbons (Fsp3) is 0.100. The molecule has 4 rings (SSSR count). The molecule has 2 aromatic heterocycles. The van der Waals surface area contributed by atoms with Crippen molar-refractivity contribution in [1.29, 1.82) is 0 Å². The SMILES string of the molecule is O=C(CSc1nnc(CSc2ccccc2)n1-c1ccccc1)Nc1nccs1. The van der Waals surface area contributed by atoms with E-state index < -0.39 is 0 Å². The third-order valence-electron chi connectivity index (χ3n) is 3.84. The second-order valence-electron chi connectivity index (χ2n) is 5.85. The minimum atomic E-state index is -0.118. The summed E-state index contributed by atoms with van der Waals surface area (Å²) in [5.41, 5.74) is 0.976. The lowest BCUT2D eigenvalue weighted by Gasteiger charge is -2.10. The van der Waals surface area contributed by atoms with E-state index in [1.807, 2.05) is 58.5 Å². The Hall–Kier alpha value is -2.62. The zero-order chi connectivity index (χ0) is 19.9. The molecule has 1 N–H and O–H groups in total. The van der Waals surface area contributed by atoms with Gasteiger partial charge in [0.05, 0.1) is 11.5 Å². The van der Waals surface area contributed by atoms with Gasteiger partial charge in [-0.2, -0.15) is 0 Å². The predicted octanol–water partition coefficient (Wildman–Crippen LogP) is 4.75. The van der Waals surface area contributed by atoms with Gasteiger partial charge in [-0.1, -0.05) is 48.2 Å². The highest BCUT2D eigenvalue weighted by molar-refractivity contribution is 7.99. The van der Waals surface area contributed by atoms with Crippen LogP contribution in [0.15, 0.2) is 82.3 Å². The van der Waals surface area contributed by atoms with Gasteiger partial charge in [-0.3, -0.25) is 9.36 Å². The van der Waals surface area contributed by atoms with Crippen LogP contribution < -0.4 is 5.32 Å². The Kier molecular flexibility index (Phi) is 6.60. The molecule has 0 aliphatic heterocycles. The normalized spacial score (nSPS) is 10.8. The summed E-state index contributed by atoms with van der Waals surface area (Å²) in [6.07, 6.45) is 1.66. The predicted molar refractivity (Wildman–Crippen MR) is 119 cm³/mol. The van der Waals surface area contributed by atoms with E-state index in [-0.39, 0.29) is 11.7 Å². The second kappa shape index (κ2) is 9.73. The number of thioether (sulfide) groups is 2. The van der Waals surface area contributed by atoms with E-state index in [4.69, 9.17) is 0 Å². The van der Waals surface area contributed by atoms with Gasteiger partial charge in [0.2, 0.25) is 5.91 Å². The lowest BCUT2D eigenvalue weighted by molar-refractivity contribution is -0.113. The first-order valence-corrected chi connectivity index (χ1v) is 11.6. The fourth-order valence-corrected chi connectivity index (χ4v) is 4.71. The summed E-state index contributed by atoms with van der Waals surface area (Å²) >= 11 is 4.46. The van der Waals surface area contributed by atoms with Gasteiger partial charge in [0.25, 0.3) is 0 Å². The highest BCUT2D eigenvalue weighted by Crippen LogP contribution is 2.27. The maximum absolute atomic E-state index is 12.2. The van der Waals surface area contributed by atoms with Crippen LogP contribution in [-0.2, 0) is 10.5 Å². The van der Waals surface area contributed by atoms with Crippen molar-refractivity contribution in [3.8, 4) is 5.69 Å². The van der Waals surface area contributed by atoms with E-state index >= 15 is 0 Å². The number of rotatable bonds is 8. The van der Waals surface area contributed by atoms with Gasteiger partial charge in [0.15, 0.2) is 10.3 Å². The molecule has 2 heterocycles. The molecule has 0 saturated carbocycles. The molecule has 0 unspecified atom stereocenters. The van der Waals surface area contributed by atoms with Crippen molar-refractivity contribution in [3.63, 3.8) is 0 Å². The summed E-state index contributed by atoms with van der Waals surface area (Å²) in [5, 5.41) is 14.6. The molecule has 0 atom stereocenters. The van der Waals surface area contributed by atoms with Crippen molar-refractivity contribution in [3.05, 3.63) is 78.1 Å². The molecule has 0 spiro atoms. The van der Waals surface area contributed by atoms with Gasteiger partial charge in [0, 0.05) is 22.2 Å².